The van der Waals surface area contributed by atoms with Gasteiger partial charge in [-0.3, -0.25) is 9.59 Å². The number of carbonyl (C=O) groups excluding carboxylic acids is 2. The van der Waals surface area contributed by atoms with Crippen LogP contribution in [0.5, 0.6) is 5.75 Å². The first-order valence-electron chi connectivity index (χ1n) is 12.5. The van der Waals surface area contributed by atoms with Crippen LogP contribution in [0, 0.1) is 5.82 Å². The molecule has 4 aromatic carbocycles. The molecule has 1 fully saturated rings. The molecule has 1 heterocycles. The zero-order valence-electron chi connectivity index (χ0n) is 21.3. The van der Waals surface area contributed by atoms with Crippen LogP contribution in [0.15, 0.2) is 84.9 Å². The predicted octanol–water partition coefficient (Wildman–Crippen LogP) is 4.28. The number of anilines is 2. The molecule has 0 aromatic heterocycles. The summed E-state index contributed by atoms with van der Waals surface area (Å²) in [5.41, 5.74) is 1.84. The highest BCUT2D eigenvalue weighted by Crippen LogP contribution is 2.40. The van der Waals surface area contributed by atoms with Crippen molar-refractivity contribution in [2.45, 2.75) is 19.6 Å². The van der Waals surface area contributed by atoms with Crippen molar-refractivity contribution >= 4 is 44.2 Å². The molecule has 0 aliphatic carbocycles. The lowest BCUT2D eigenvalue weighted by Gasteiger charge is -2.21. The average Bonchev–Trinajstić information content (AvgIpc) is 3.22. The SMILES string of the molecule is O=C(CCOCc1ccccc1)Nc1ccc2c(F)c(N3CC(=O)NS3(=O)=O)c(OCc3ccccc3)cc2c1. The first-order valence-corrected chi connectivity index (χ1v) is 13.9. The Bertz CT molecular complexity index is 1650. The topological polar surface area (TPSA) is 114 Å². The zero-order chi connectivity index (χ0) is 28.1. The van der Waals surface area contributed by atoms with Gasteiger partial charge in [-0.25, -0.2) is 13.4 Å². The smallest absolute Gasteiger partial charge is 0.326 e. The van der Waals surface area contributed by atoms with E-state index >= 15 is 4.39 Å². The molecule has 1 saturated heterocycles. The Morgan fingerprint density at radius 2 is 1.62 bits per heavy atom. The molecular formula is C29H26FN3O6S. The lowest BCUT2D eigenvalue weighted by molar-refractivity contribution is -0.118. The molecule has 5 rings (SSSR count). The van der Waals surface area contributed by atoms with Crippen molar-refractivity contribution < 1.29 is 31.9 Å². The fraction of sp³-hybridized carbons (Fsp3) is 0.172. The van der Waals surface area contributed by atoms with Gasteiger partial charge in [0.25, 0.3) is 5.91 Å². The van der Waals surface area contributed by atoms with Gasteiger partial charge in [-0.1, -0.05) is 60.7 Å². The van der Waals surface area contributed by atoms with Crippen molar-refractivity contribution in [3.63, 3.8) is 0 Å². The molecule has 0 radical (unpaired) electrons. The fourth-order valence-corrected chi connectivity index (χ4v) is 5.44. The number of rotatable bonds is 10. The number of halogens is 1. The molecule has 0 spiro atoms. The summed E-state index contributed by atoms with van der Waals surface area (Å²) in [7, 11) is -4.29. The van der Waals surface area contributed by atoms with E-state index < -0.39 is 28.5 Å². The molecule has 9 nitrogen and oxygen atoms in total. The Labute approximate surface area is 230 Å². The molecule has 1 aliphatic rings. The van der Waals surface area contributed by atoms with E-state index in [-0.39, 0.29) is 42.4 Å². The summed E-state index contributed by atoms with van der Waals surface area (Å²) in [4.78, 5) is 24.4. The maximum atomic E-state index is 15.9. The molecule has 0 unspecified atom stereocenters. The minimum absolute atomic E-state index is 0.0352. The van der Waals surface area contributed by atoms with Crippen molar-refractivity contribution in [3.05, 3.63) is 102 Å². The maximum Gasteiger partial charge on any atom is 0.326 e. The monoisotopic (exact) mass is 563 g/mol. The first-order chi connectivity index (χ1) is 19.3. The fourth-order valence-electron chi connectivity index (χ4n) is 4.28. The van der Waals surface area contributed by atoms with Gasteiger partial charge in [0.1, 0.15) is 24.6 Å². The normalized spacial score (nSPS) is 14.2. The van der Waals surface area contributed by atoms with Crippen molar-refractivity contribution in [1.29, 1.82) is 0 Å². The number of nitrogens with one attached hydrogen (secondary N) is 2. The highest BCUT2D eigenvalue weighted by atomic mass is 32.2. The van der Waals surface area contributed by atoms with Gasteiger partial charge in [0.05, 0.1) is 19.6 Å². The second kappa shape index (κ2) is 11.7. The zero-order valence-corrected chi connectivity index (χ0v) is 22.1. The number of hydrogen-bond acceptors (Lipinski definition) is 6. The first kappa shape index (κ1) is 27.1. The van der Waals surface area contributed by atoms with E-state index in [4.69, 9.17) is 9.47 Å². The molecule has 2 N–H and O–H groups in total. The molecule has 0 saturated carbocycles. The number of hydrogen-bond donors (Lipinski definition) is 2. The number of nitrogens with zero attached hydrogens (tertiary/aromatic N) is 1. The quantitative estimate of drug-likeness (QED) is 0.279. The van der Waals surface area contributed by atoms with E-state index in [0.717, 1.165) is 11.1 Å². The number of amides is 2. The minimum Gasteiger partial charge on any atom is -0.487 e. The molecule has 11 heteroatoms. The van der Waals surface area contributed by atoms with Crippen molar-refractivity contribution in [1.82, 2.24) is 4.72 Å². The van der Waals surface area contributed by atoms with Crippen molar-refractivity contribution in [2.24, 2.45) is 0 Å². The third-order valence-electron chi connectivity index (χ3n) is 6.19. The summed E-state index contributed by atoms with van der Waals surface area (Å²) in [6, 6.07) is 24.7. The molecule has 4 aromatic rings. The molecule has 206 valence electrons. The van der Waals surface area contributed by atoms with Gasteiger partial charge in [0.15, 0.2) is 5.82 Å². The largest absolute Gasteiger partial charge is 0.487 e. The van der Waals surface area contributed by atoms with Crippen LogP contribution in [-0.2, 0) is 37.7 Å². The highest BCUT2D eigenvalue weighted by Gasteiger charge is 2.38. The Kier molecular flexibility index (Phi) is 7.94. The molecular weight excluding hydrogens is 537 g/mol. The summed E-state index contributed by atoms with van der Waals surface area (Å²) >= 11 is 0. The van der Waals surface area contributed by atoms with Crippen LogP contribution >= 0.6 is 0 Å². The van der Waals surface area contributed by atoms with E-state index in [1.54, 1.807) is 6.07 Å². The Morgan fingerprint density at radius 1 is 0.950 bits per heavy atom. The van der Waals surface area contributed by atoms with Gasteiger partial charge in [-0.15, -0.1) is 0 Å². The predicted molar refractivity (Wildman–Crippen MR) is 148 cm³/mol. The van der Waals surface area contributed by atoms with Crippen LogP contribution < -0.4 is 19.1 Å². The number of ether oxygens (including phenoxy) is 2. The van der Waals surface area contributed by atoms with Gasteiger partial charge in [0, 0.05) is 11.1 Å². The Hall–Kier alpha value is -4.48. The van der Waals surface area contributed by atoms with E-state index in [1.807, 2.05) is 65.4 Å². The van der Waals surface area contributed by atoms with Gasteiger partial charge in [-0.05, 0) is 40.8 Å². The highest BCUT2D eigenvalue weighted by molar-refractivity contribution is 7.92. The summed E-state index contributed by atoms with van der Waals surface area (Å²) < 4.78 is 55.0. The van der Waals surface area contributed by atoms with Crippen LogP contribution in [-0.4, -0.2) is 33.4 Å². The van der Waals surface area contributed by atoms with E-state index in [9.17, 15) is 18.0 Å². The standard InChI is InChI=1S/C29H26FN3O6S/c30-28-24-12-11-23(31-26(34)13-14-38-18-20-7-3-1-4-8-20)15-22(24)16-25(39-19-21-9-5-2-6-10-21)29(28)33-17-27(35)32-40(33,36)37/h1-12,15-16H,13-14,17-19H2,(H,31,34)(H,32,35). The molecule has 0 bridgehead atoms. The van der Waals surface area contributed by atoms with Crippen LogP contribution in [0.4, 0.5) is 15.8 Å². The van der Waals surface area contributed by atoms with Gasteiger partial charge in [-0.2, -0.15) is 8.42 Å². The summed E-state index contributed by atoms with van der Waals surface area (Å²) in [6.45, 7) is 0.0759. The van der Waals surface area contributed by atoms with Crippen LogP contribution in [0.1, 0.15) is 17.5 Å². The lowest BCUT2D eigenvalue weighted by atomic mass is 10.1. The number of carbonyl (C=O) groups is 2. The summed E-state index contributed by atoms with van der Waals surface area (Å²) in [5.74, 6) is -1.99. The van der Waals surface area contributed by atoms with Gasteiger partial charge < -0.3 is 14.8 Å². The van der Waals surface area contributed by atoms with Crippen LogP contribution in [0.3, 0.4) is 0 Å². The molecule has 0 atom stereocenters. The molecule has 40 heavy (non-hydrogen) atoms. The van der Waals surface area contributed by atoms with Gasteiger partial charge in [0.2, 0.25) is 5.91 Å². The third-order valence-corrected chi connectivity index (χ3v) is 7.57. The van der Waals surface area contributed by atoms with Crippen LogP contribution in [0.25, 0.3) is 10.8 Å². The molecule has 1 aliphatic heterocycles. The summed E-state index contributed by atoms with van der Waals surface area (Å²) in [5, 5.41) is 3.25. The molecule has 2 amide bonds. The Morgan fingerprint density at radius 3 is 2.27 bits per heavy atom. The van der Waals surface area contributed by atoms with E-state index in [1.165, 1.54) is 18.2 Å². The van der Waals surface area contributed by atoms with Crippen molar-refractivity contribution in [2.75, 3.05) is 22.8 Å². The van der Waals surface area contributed by atoms with Gasteiger partial charge >= 0.3 is 10.2 Å². The third kappa shape index (κ3) is 6.22. The maximum absolute atomic E-state index is 15.9. The summed E-state index contributed by atoms with van der Waals surface area (Å²) in [6.07, 6.45) is 0.122. The minimum atomic E-state index is -4.29. The second-order valence-corrected chi connectivity index (χ2v) is 10.7. The Balaban J connectivity index is 1.37. The lowest BCUT2D eigenvalue weighted by Crippen LogP contribution is -2.30. The average molecular weight is 564 g/mol. The second-order valence-electron chi connectivity index (χ2n) is 9.12. The number of benzene rings is 4. The van der Waals surface area contributed by atoms with E-state index in [0.29, 0.717) is 22.0 Å². The van der Waals surface area contributed by atoms with Crippen LogP contribution in [0.2, 0.25) is 0 Å². The number of fused-ring (bicyclic) bond motifs is 1. The van der Waals surface area contributed by atoms with E-state index in [2.05, 4.69) is 5.32 Å². The van der Waals surface area contributed by atoms with Crippen molar-refractivity contribution in [3.8, 4) is 5.75 Å².